The number of nitrogen functional groups attached to an aromatic ring is 1. The summed E-state index contributed by atoms with van der Waals surface area (Å²) in [6.07, 6.45) is 7.66. The molecule has 4 nitrogen and oxygen atoms in total. The van der Waals surface area contributed by atoms with Gasteiger partial charge in [-0.1, -0.05) is 19.8 Å². The van der Waals surface area contributed by atoms with E-state index in [1.807, 2.05) is 0 Å². The standard InChI is InChI=1S/C13H20BrN3O/c1-9-3-2-4-13(5-9,8-18)17-12-10(14)6-16-7-11(12)15/h6-7,9,18H,2-5,8,15H2,1H3,(H,16,17). The second-order valence-electron chi connectivity index (χ2n) is 5.35. The molecule has 0 radical (unpaired) electrons. The minimum absolute atomic E-state index is 0.130. The normalized spacial score (nSPS) is 28.1. The second-order valence-corrected chi connectivity index (χ2v) is 6.20. The Kier molecular flexibility index (Phi) is 4.12. The molecule has 0 aliphatic heterocycles. The Hall–Kier alpha value is -0.810. The van der Waals surface area contributed by atoms with Crippen LogP contribution in [0.5, 0.6) is 0 Å². The van der Waals surface area contributed by atoms with Gasteiger partial charge in [0, 0.05) is 6.20 Å². The van der Waals surface area contributed by atoms with E-state index in [9.17, 15) is 5.11 Å². The summed E-state index contributed by atoms with van der Waals surface area (Å²) < 4.78 is 0.841. The number of aromatic nitrogens is 1. The largest absolute Gasteiger partial charge is 0.396 e. The molecule has 0 aromatic carbocycles. The summed E-state index contributed by atoms with van der Waals surface area (Å²) in [7, 11) is 0. The molecule has 4 N–H and O–H groups in total. The van der Waals surface area contributed by atoms with E-state index in [2.05, 4.69) is 33.2 Å². The summed E-state index contributed by atoms with van der Waals surface area (Å²) in [5.41, 5.74) is 7.14. The number of nitrogens with two attached hydrogens (primary N) is 1. The third-order valence-corrected chi connectivity index (χ3v) is 4.31. The lowest BCUT2D eigenvalue weighted by molar-refractivity contribution is 0.149. The highest BCUT2D eigenvalue weighted by Gasteiger charge is 2.35. The summed E-state index contributed by atoms with van der Waals surface area (Å²) in [5, 5.41) is 13.2. The van der Waals surface area contributed by atoms with E-state index in [0.717, 1.165) is 29.4 Å². The highest BCUT2D eigenvalue weighted by atomic mass is 79.9. The number of nitrogens with zero attached hydrogens (tertiary/aromatic N) is 1. The molecular weight excluding hydrogens is 294 g/mol. The van der Waals surface area contributed by atoms with Crippen LogP contribution in [0.1, 0.15) is 32.6 Å². The molecule has 1 aromatic rings. The molecule has 1 fully saturated rings. The Balaban J connectivity index is 2.24. The van der Waals surface area contributed by atoms with E-state index >= 15 is 0 Å². The van der Waals surface area contributed by atoms with Gasteiger partial charge >= 0.3 is 0 Å². The molecule has 0 spiro atoms. The lowest BCUT2D eigenvalue weighted by Gasteiger charge is -2.40. The number of aliphatic hydroxyl groups is 1. The van der Waals surface area contributed by atoms with Gasteiger partial charge in [0.2, 0.25) is 0 Å². The molecule has 0 amide bonds. The molecule has 0 saturated heterocycles. The zero-order valence-electron chi connectivity index (χ0n) is 10.6. The maximum atomic E-state index is 9.77. The molecule has 2 rings (SSSR count). The van der Waals surface area contributed by atoms with Crippen LogP contribution in [0.3, 0.4) is 0 Å². The molecule has 18 heavy (non-hydrogen) atoms. The Bertz CT molecular complexity index is 406. The van der Waals surface area contributed by atoms with Crippen molar-refractivity contribution < 1.29 is 5.11 Å². The van der Waals surface area contributed by atoms with Gasteiger partial charge in [0.25, 0.3) is 0 Å². The van der Waals surface area contributed by atoms with Crippen LogP contribution in [0, 0.1) is 5.92 Å². The lowest BCUT2D eigenvalue weighted by atomic mass is 9.76. The first-order valence-corrected chi connectivity index (χ1v) is 7.14. The van der Waals surface area contributed by atoms with Gasteiger partial charge < -0.3 is 16.2 Å². The third-order valence-electron chi connectivity index (χ3n) is 3.71. The average Bonchev–Trinajstić information content (AvgIpc) is 2.34. The summed E-state index contributed by atoms with van der Waals surface area (Å²) in [6.45, 7) is 2.36. The number of hydrogen-bond donors (Lipinski definition) is 3. The first-order valence-electron chi connectivity index (χ1n) is 6.34. The van der Waals surface area contributed by atoms with Crippen molar-refractivity contribution >= 4 is 27.3 Å². The Morgan fingerprint density at radius 1 is 1.61 bits per heavy atom. The molecule has 0 bridgehead atoms. The highest BCUT2D eigenvalue weighted by molar-refractivity contribution is 9.10. The summed E-state index contributed by atoms with van der Waals surface area (Å²) in [5.74, 6) is 0.625. The molecule has 100 valence electrons. The molecule has 1 aliphatic rings. The van der Waals surface area contributed by atoms with E-state index in [4.69, 9.17) is 5.73 Å². The SMILES string of the molecule is CC1CCCC(CO)(Nc2c(N)cncc2Br)C1. The van der Waals surface area contributed by atoms with Gasteiger partial charge in [0.05, 0.1) is 34.2 Å². The van der Waals surface area contributed by atoms with Crippen molar-refractivity contribution in [3.8, 4) is 0 Å². The first kappa shape index (κ1) is 13.6. The molecule has 1 aromatic heterocycles. The third kappa shape index (κ3) is 2.78. The Labute approximate surface area is 116 Å². The Morgan fingerprint density at radius 3 is 3.00 bits per heavy atom. The van der Waals surface area contributed by atoms with Crippen molar-refractivity contribution in [1.82, 2.24) is 4.98 Å². The summed E-state index contributed by atoms with van der Waals surface area (Å²) in [6, 6.07) is 0. The molecule has 2 unspecified atom stereocenters. The zero-order valence-corrected chi connectivity index (χ0v) is 12.2. The second kappa shape index (κ2) is 5.45. The van der Waals surface area contributed by atoms with Crippen LogP contribution in [0.2, 0.25) is 0 Å². The van der Waals surface area contributed by atoms with Crippen molar-refractivity contribution in [2.45, 2.75) is 38.1 Å². The van der Waals surface area contributed by atoms with Gasteiger partial charge in [-0.3, -0.25) is 4.98 Å². The minimum Gasteiger partial charge on any atom is -0.396 e. The number of hydrogen-bond acceptors (Lipinski definition) is 4. The minimum atomic E-state index is -0.254. The van der Waals surface area contributed by atoms with Crippen LogP contribution in [-0.4, -0.2) is 22.2 Å². The van der Waals surface area contributed by atoms with Crippen molar-refractivity contribution in [3.05, 3.63) is 16.9 Å². The topological polar surface area (TPSA) is 71.2 Å². The fourth-order valence-electron chi connectivity index (χ4n) is 2.80. The molecular formula is C13H20BrN3O. The molecule has 1 aliphatic carbocycles. The van der Waals surface area contributed by atoms with E-state index in [-0.39, 0.29) is 12.1 Å². The van der Waals surface area contributed by atoms with E-state index in [1.54, 1.807) is 12.4 Å². The molecule has 2 atom stereocenters. The van der Waals surface area contributed by atoms with Gasteiger partial charge in [0.15, 0.2) is 0 Å². The molecule has 1 heterocycles. The van der Waals surface area contributed by atoms with E-state index < -0.39 is 0 Å². The van der Waals surface area contributed by atoms with Crippen molar-refractivity contribution in [2.24, 2.45) is 5.92 Å². The van der Waals surface area contributed by atoms with Crippen LogP contribution in [-0.2, 0) is 0 Å². The smallest absolute Gasteiger partial charge is 0.0755 e. The van der Waals surface area contributed by atoms with Crippen LogP contribution in [0.25, 0.3) is 0 Å². The predicted molar refractivity (Wildman–Crippen MR) is 77.4 cm³/mol. The van der Waals surface area contributed by atoms with Gasteiger partial charge in [0.1, 0.15) is 0 Å². The van der Waals surface area contributed by atoms with Crippen molar-refractivity contribution in [3.63, 3.8) is 0 Å². The van der Waals surface area contributed by atoms with Crippen LogP contribution in [0.15, 0.2) is 16.9 Å². The van der Waals surface area contributed by atoms with E-state index in [1.165, 1.54) is 6.42 Å². The number of pyridine rings is 1. The number of rotatable bonds is 3. The fraction of sp³-hybridized carbons (Fsp3) is 0.615. The summed E-state index contributed by atoms with van der Waals surface area (Å²) >= 11 is 3.46. The van der Waals surface area contributed by atoms with Gasteiger partial charge in [-0.05, 0) is 34.7 Å². The van der Waals surface area contributed by atoms with Crippen molar-refractivity contribution in [2.75, 3.05) is 17.7 Å². The van der Waals surface area contributed by atoms with Crippen LogP contribution in [0.4, 0.5) is 11.4 Å². The van der Waals surface area contributed by atoms with Gasteiger partial charge in [-0.25, -0.2) is 0 Å². The number of nitrogens with one attached hydrogen (secondary N) is 1. The van der Waals surface area contributed by atoms with Crippen LogP contribution >= 0.6 is 15.9 Å². The maximum absolute atomic E-state index is 9.77. The van der Waals surface area contributed by atoms with Gasteiger partial charge in [-0.2, -0.15) is 0 Å². The highest BCUT2D eigenvalue weighted by Crippen LogP contribution is 2.38. The lowest BCUT2D eigenvalue weighted by Crippen LogP contribution is -2.46. The maximum Gasteiger partial charge on any atom is 0.0755 e. The number of halogens is 1. The fourth-order valence-corrected chi connectivity index (χ4v) is 3.25. The first-order chi connectivity index (χ1) is 8.56. The monoisotopic (exact) mass is 313 g/mol. The van der Waals surface area contributed by atoms with E-state index in [0.29, 0.717) is 11.6 Å². The predicted octanol–water partition coefficient (Wildman–Crippen LogP) is 2.78. The van der Waals surface area contributed by atoms with Crippen molar-refractivity contribution in [1.29, 1.82) is 0 Å². The summed E-state index contributed by atoms with van der Waals surface area (Å²) in [4.78, 5) is 4.03. The zero-order chi connectivity index (χ0) is 13.2. The Morgan fingerprint density at radius 2 is 2.39 bits per heavy atom. The van der Waals surface area contributed by atoms with Crippen LogP contribution < -0.4 is 11.1 Å². The molecule has 5 heteroatoms. The quantitative estimate of drug-likeness (QED) is 0.802. The van der Waals surface area contributed by atoms with Gasteiger partial charge in [-0.15, -0.1) is 0 Å². The number of aliphatic hydroxyl groups excluding tert-OH is 1. The number of anilines is 2. The average molecular weight is 314 g/mol. The molecule has 1 saturated carbocycles.